The maximum Gasteiger partial charge on any atom is 0.226 e. The molecule has 1 atom stereocenters. The summed E-state index contributed by atoms with van der Waals surface area (Å²) in [5.41, 5.74) is 1.62. The van der Waals surface area contributed by atoms with Gasteiger partial charge in [0.1, 0.15) is 0 Å². The van der Waals surface area contributed by atoms with E-state index in [4.69, 9.17) is 0 Å². The summed E-state index contributed by atoms with van der Waals surface area (Å²) in [6, 6.07) is 15.5. The summed E-state index contributed by atoms with van der Waals surface area (Å²) in [6.07, 6.45) is 8.36. The minimum atomic E-state index is 0.273. The third kappa shape index (κ3) is 3.16. The molecule has 3 heteroatoms. The van der Waals surface area contributed by atoms with E-state index in [9.17, 15) is 4.79 Å². The molecule has 0 bridgehead atoms. The highest BCUT2D eigenvalue weighted by atomic mass is 16.2. The number of piperidine rings is 1. The van der Waals surface area contributed by atoms with Gasteiger partial charge in [-0.15, -0.1) is 0 Å². The number of fused-ring (bicyclic) bond motifs is 1. The van der Waals surface area contributed by atoms with Crippen LogP contribution in [-0.4, -0.2) is 29.9 Å². The number of carbonyl (C=O) groups is 1. The van der Waals surface area contributed by atoms with Crippen LogP contribution in [0.15, 0.2) is 42.5 Å². The van der Waals surface area contributed by atoms with Crippen molar-refractivity contribution in [2.24, 2.45) is 11.3 Å². The van der Waals surface area contributed by atoms with E-state index < -0.39 is 0 Å². The van der Waals surface area contributed by atoms with Gasteiger partial charge in [-0.05, 0) is 66.9 Å². The maximum absolute atomic E-state index is 13.6. The highest BCUT2D eigenvalue weighted by Crippen LogP contribution is 2.59. The normalized spacial score (nSPS) is 24.4. The molecule has 3 nitrogen and oxygen atoms in total. The molecule has 3 fully saturated rings. The van der Waals surface area contributed by atoms with Crippen LogP contribution in [-0.2, 0) is 11.3 Å². The second kappa shape index (κ2) is 6.94. The minimum Gasteiger partial charge on any atom is -0.335 e. The first-order valence-electron chi connectivity index (χ1n) is 10.7. The summed E-state index contributed by atoms with van der Waals surface area (Å²) >= 11 is 0. The van der Waals surface area contributed by atoms with Crippen LogP contribution in [0.5, 0.6) is 0 Å². The predicted octanol–water partition coefficient (Wildman–Crippen LogP) is 4.50. The Balaban J connectivity index is 1.42. The lowest BCUT2D eigenvalue weighted by Crippen LogP contribution is -2.41. The zero-order valence-electron chi connectivity index (χ0n) is 16.1. The third-order valence-corrected chi connectivity index (χ3v) is 7.36. The van der Waals surface area contributed by atoms with Crippen LogP contribution in [0.3, 0.4) is 0 Å². The molecule has 142 valence electrons. The van der Waals surface area contributed by atoms with E-state index in [2.05, 4.69) is 52.7 Å². The average Bonchev–Trinajstić information content (AvgIpc) is 3.14. The molecule has 0 radical (unpaired) electrons. The van der Waals surface area contributed by atoms with Gasteiger partial charge in [-0.1, -0.05) is 55.3 Å². The summed E-state index contributed by atoms with van der Waals surface area (Å²) in [6.45, 7) is 2.93. The molecule has 5 rings (SSSR count). The second-order valence-electron chi connectivity index (χ2n) is 8.91. The number of hydrogen-bond donors (Lipinski definition) is 1. The minimum absolute atomic E-state index is 0.273. The fourth-order valence-corrected chi connectivity index (χ4v) is 5.59. The largest absolute Gasteiger partial charge is 0.335 e. The van der Waals surface area contributed by atoms with E-state index in [1.54, 1.807) is 0 Å². The monoisotopic (exact) mass is 362 g/mol. The Labute approximate surface area is 162 Å². The van der Waals surface area contributed by atoms with Crippen LogP contribution in [0.4, 0.5) is 0 Å². The fourth-order valence-electron chi connectivity index (χ4n) is 5.59. The topological polar surface area (TPSA) is 32.3 Å². The van der Waals surface area contributed by atoms with Gasteiger partial charge in [-0.2, -0.15) is 0 Å². The molecule has 0 aromatic heterocycles. The van der Waals surface area contributed by atoms with E-state index in [1.807, 2.05) is 0 Å². The molecule has 1 spiro atoms. The van der Waals surface area contributed by atoms with Crippen molar-refractivity contribution in [2.75, 3.05) is 13.1 Å². The van der Waals surface area contributed by atoms with Gasteiger partial charge >= 0.3 is 0 Å². The smallest absolute Gasteiger partial charge is 0.226 e. The van der Waals surface area contributed by atoms with Crippen LogP contribution in [0, 0.1) is 11.3 Å². The van der Waals surface area contributed by atoms with Crippen molar-refractivity contribution in [1.29, 1.82) is 0 Å². The molecule has 1 unspecified atom stereocenters. The Morgan fingerprint density at radius 3 is 2.59 bits per heavy atom. The van der Waals surface area contributed by atoms with Gasteiger partial charge in [0.05, 0.1) is 0 Å². The molecule has 2 saturated carbocycles. The lowest BCUT2D eigenvalue weighted by atomic mass is 9.91. The van der Waals surface area contributed by atoms with E-state index >= 15 is 0 Å². The molecular formula is C24H30N2O. The summed E-state index contributed by atoms with van der Waals surface area (Å²) in [5, 5.41) is 6.03. The number of nitrogens with zero attached hydrogens (tertiary/aromatic N) is 1. The summed E-state index contributed by atoms with van der Waals surface area (Å²) < 4.78 is 0. The van der Waals surface area contributed by atoms with Gasteiger partial charge in [-0.25, -0.2) is 0 Å². The zero-order valence-corrected chi connectivity index (χ0v) is 16.1. The maximum atomic E-state index is 13.6. The number of rotatable bonds is 4. The first kappa shape index (κ1) is 17.2. The Bertz CT molecular complexity index is 828. The van der Waals surface area contributed by atoms with Crippen LogP contribution >= 0.6 is 0 Å². The number of carbonyl (C=O) groups excluding carboxylic acids is 1. The van der Waals surface area contributed by atoms with Gasteiger partial charge < -0.3 is 10.2 Å². The van der Waals surface area contributed by atoms with Crippen LogP contribution < -0.4 is 5.32 Å². The molecule has 27 heavy (non-hydrogen) atoms. The van der Waals surface area contributed by atoms with Crippen molar-refractivity contribution in [1.82, 2.24) is 10.2 Å². The molecule has 1 amide bonds. The lowest BCUT2D eigenvalue weighted by molar-refractivity contribution is -0.136. The van der Waals surface area contributed by atoms with Crippen LogP contribution in [0.25, 0.3) is 10.8 Å². The Morgan fingerprint density at radius 1 is 1.04 bits per heavy atom. The molecule has 3 aliphatic rings. The molecule has 1 aliphatic heterocycles. The van der Waals surface area contributed by atoms with Gasteiger partial charge in [0.25, 0.3) is 0 Å². The van der Waals surface area contributed by atoms with E-state index in [-0.39, 0.29) is 5.92 Å². The van der Waals surface area contributed by atoms with Crippen molar-refractivity contribution < 1.29 is 4.79 Å². The molecule has 2 aromatic rings. The first-order valence-corrected chi connectivity index (χ1v) is 10.7. The van der Waals surface area contributed by atoms with Crippen molar-refractivity contribution in [2.45, 2.75) is 57.5 Å². The van der Waals surface area contributed by atoms with Crippen LogP contribution in [0.1, 0.15) is 50.5 Å². The summed E-state index contributed by atoms with van der Waals surface area (Å²) in [5.74, 6) is 0.715. The van der Waals surface area contributed by atoms with Gasteiger partial charge in [0.15, 0.2) is 0 Å². The van der Waals surface area contributed by atoms with Crippen molar-refractivity contribution in [3.8, 4) is 0 Å². The molecule has 1 saturated heterocycles. The highest BCUT2D eigenvalue weighted by molar-refractivity contribution is 5.87. The van der Waals surface area contributed by atoms with Gasteiger partial charge in [0, 0.05) is 18.5 Å². The molecule has 1 heterocycles. The predicted molar refractivity (Wildman–Crippen MR) is 109 cm³/mol. The van der Waals surface area contributed by atoms with E-state index in [0.717, 1.165) is 26.1 Å². The van der Waals surface area contributed by atoms with Crippen molar-refractivity contribution >= 4 is 16.7 Å². The van der Waals surface area contributed by atoms with Gasteiger partial charge in [0.2, 0.25) is 5.91 Å². The first-order chi connectivity index (χ1) is 13.3. The summed E-state index contributed by atoms with van der Waals surface area (Å²) in [7, 11) is 0. The van der Waals surface area contributed by atoms with E-state index in [1.165, 1.54) is 54.9 Å². The Morgan fingerprint density at radius 2 is 1.78 bits per heavy atom. The lowest BCUT2D eigenvalue weighted by Gasteiger charge is -2.32. The third-order valence-electron chi connectivity index (χ3n) is 7.36. The number of hydrogen-bond acceptors (Lipinski definition) is 2. The Kier molecular flexibility index (Phi) is 4.43. The average molecular weight is 363 g/mol. The number of benzene rings is 2. The fraction of sp³-hybridized carbons (Fsp3) is 0.542. The standard InChI is InChI=1S/C24H30N2O/c27-23(22-16-24(22)12-14-25-15-13-24)26(20-9-2-3-10-20)17-19-8-5-7-18-6-1-4-11-21(18)19/h1,4-8,11,20,22,25H,2-3,9-10,12-17H2. The van der Waals surface area contributed by atoms with E-state index in [0.29, 0.717) is 17.4 Å². The number of nitrogens with one attached hydrogen (secondary N) is 1. The number of amides is 1. The summed E-state index contributed by atoms with van der Waals surface area (Å²) in [4.78, 5) is 15.9. The molecule has 1 N–H and O–H groups in total. The SMILES string of the molecule is O=C(C1CC12CCNCC2)N(Cc1cccc2ccccc12)C1CCCC1. The molecule has 2 aromatic carbocycles. The molecule has 2 aliphatic carbocycles. The Hall–Kier alpha value is -1.87. The van der Waals surface area contributed by atoms with Crippen molar-refractivity contribution in [3.63, 3.8) is 0 Å². The van der Waals surface area contributed by atoms with Gasteiger partial charge in [-0.3, -0.25) is 4.79 Å². The highest BCUT2D eigenvalue weighted by Gasteiger charge is 2.59. The quantitative estimate of drug-likeness (QED) is 0.868. The van der Waals surface area contributed by atoms with Crippen molar-refractivity contribution in [3.05, 3.63) is 48.0 Å². The molecular weight excluding hydrogens is 332 g/mol. The second-order valence-corrected chi connectivity index (χ2v) is 8.91. The van der Waals surface area contributed by atoms with Crippen LogP contribution in [0.2, 0.25) is 0 Å². The zero-order chi connectivity index (χ0) is 18.3.